The van der Waals surface area contributed by atoms with Gasteiger partial charge in [-0.3, -0.25) is 4.79 Å². The van der Waals surface area contributed by atoms with Gasteiger partial charge in [0, 0.05) is 23.8 Å². The van der Waals surface area contributed by atoms with Gasteiger partial charge in [0.15, 0.2) is 0 Å². The number of amides is 1. The van der Waals surface area contributed by atoms with Crippen LogP contribution in [0.3, 0.4) is 0 Å². The Morgan fingerprint density at radius 3 is 2.67 bits per heavy atom. The fourth-order valence-corrected chi connectivity index (χ4v) is 2.14. The summed E-state index contributed by atoms with van der Waals surface area (Å²) >= 11 is 3.42. The zero-order valence-corrected chi connectivity index (χ0v) is 13.3. The third-order valence-corrected chi connectivity index (χ3v) is 3.72. The first-order valence-electron chi connectivity index (χ1n) is 6.59. The number of rotatable bonds is 6. The van der Waals surface area contributed by atoms with Crippen LogP contribution in [0.15, 0.2) is 16.7 Å². The lowest BCUT2D eigenvalue weighted by Crippen LogP contribution is -2.31. The highest BCUT2D eigenvalue weighted by atomic mass is 79.9. The summed E-state index contributed by atoms with van der Waals surface area (Å²) in [6.45, 7) is 10.2. The Labute approximate surface area is 118 Å². The van der Waals surface area contributed by atoms with Crippen LogP contribution in [0.4, 0.5) is 0 Å². The summed E-state index contributed by atoms with van der Waals surface area (Å²) in [4.78, 5) is 12.1. The molecular formula is C14H23BrN2O. The number of halogens is 1. The number of hydrogen-bond acceptors (Lipinski definition) is 1. The van der Waals surface area contributed by atoms with Crippen molar-refractivity contribution < 1.29 is 4.79 Å². The molecule has 0 aliphatic carbocycles. The van der Waals surface area contributed by atoms with E-state index in [9.17, 15) is 4.79 Å². The van der Waals surface area contributed by atoms with E-state index in [4.69, 9.17) is 0 Å². The smallest absolute Gasteiger partial charge is 0.267 e. The lowest BCUT2D eigenvalue weighted by Gasteiger charge is -2.16. The second kappa shape index (κ2) is 6.98. The maximum Gasteiger partial charge on any atom is 0.267 e. The van der Waals surface area contributed by atoms with Gasteiger partial charge in [0.2, 0.25) is 0 Å². The highest BCUT2D eigenvalue weighted by Gasteiger charge is 2.14. The average Bonchev–Trinajstić information content (AvgIpc) is 2.67. The van der Waals surface area contributed by atoms with E-state index in [1.54, 1.807) is 0 Å². The molecule has 1 heterocycles. The van der Waals surface area contributed by atoms with E-state index in [1.807, 2.05) is 16.8 Å². The van der Waals surface area contributed by atoms with Gasteiger partial charge in [-0.05, 0) is 40.3 Å². The molecule has 1 aromatic rings. The van der Waals surface area contributed by atoms with Crippen molar-refractivity contribution in [3.63, 3.8) is 0 Å². The Kier molecular flexibility index (Phi) is 5.93. The summed E-state index contributed by atoms with van der Waals surface area (Å²) in [7, 11) is 0. The van der Waals surface area contributed by atoms with Gasteiger partial charge in [0.25, 0.3) is 5.91 Å². The van der Waals surface area contributed by atoms with Crippen molar-refractivity contribution in [2.24, 2.45) is 11.8 Å². The minimum atomic E-state index is 0.0154. The van der Waals surface area contributed by atoms with E-state index in [-0.39, 0.29) is 5.91 Å². The Morgan fingerprint density at radius 2 is 2.11 bits per heavy atom. The molecule has 1 atom stereocenters. The maximum absolute atomic E-state index is 12.1. The fourth-order valence-electron chi connectivity index (χ4n) is 1.67. The molecule has 1 aromatic heterocycles. The predicted octanol–water partition coefficient (Wildman–Crippen LogP) is 3.68. The van der Waals surface area contributed by atoms with Crippen molar-refractivity contribution in [1.29, 1.82) is 0 Å². The molecule has 0 bridgehead atoms. The van der Waals surface area contributed by atoms with Crippen molar-refractivity contribution in [3.8, 4) is 0 Å². The standard InChI is InChI=1S/C14H23BrN2O/c1-5-6-17-9-12(15)7-13(17)14(18)16-8-11(4)10(2)3/h7,9-11H,5-6,8H2,1-4H3,(H,16,18). The van der Waals surface area contributed by atoms with E-state index < -0.39 is 0 Å². The number of carbonyl (C=O) groups excluding carboxylic acids is 1. The van der Waals surface area contributed by atoms with Crippen molar-refractivity contribution >= 4 is 21.8 Å². The molecule has 0 radical (unpaired) electrons. The molecule has 0 aromatic carbocycles. The molecule has 1 N–H and O–H groups in total. The normalized spacial score (nSPS) is 12.8. The Balaban J connectivity index is 2.66. The van der Waals surface area contributed by atoms with Crippen molar-refractivity contribution in [2.75, 3.05) is 6.54 Å². The average molecular weight is 315 g/mol. The largest absolute Gasteiger partial charge is 0.350 e. The highest BCUT2D eigenvalue weighted by molar-refractivity contribution is 9.10. The third kappa shape index (κ3) is 4.16. The molecule has 0 saturated heterocycles. The van der Waals surface area contributed by atoms with Gasteiger partial charge in [0.05, 0.1) is 0 Å². The highest BCUT2D eigenvalue weighted by Crippen LogP contribution is 2.16. The summed E-state index contributed by atoms with van der Waals surface area (Å²) in [5.41, 5.74) is 0.736. The summed E-state index contributed by atoms with van der Waals surface area (Å²) in [5, 5.41) is 3.01. The molecule has 0 fully saturated rings. The van der Waals surface area contributed by atoms with Crippen LogP contribution < -0.4 is 5.32 Å². The minimum Gasteiger partial charge on any atom is -0.350 e. The van der Waals surface area contributed by atoms with E-state index >= 15 is 0 Å². The first-order chi connectivity index (χ1) is 8.45. The van der Waals surface area contributed by atoms with Crippen LogP contribution in [0.1, 0.15) is 44.6 Å². The lowest BCUT2D eigenvalue weighted by molar-refractivity contribution is 0.0935. The Bertz CT molecular complexity index is 398. The molecule has 1 amide bonds. The van der Waals surface area contributed by atoms with Gasteiger partial charge < -0.3 is 9.88 Å². The SMILES string of the molecule is CCCn1cc(Br)cc1C(=O)NCC(C)C(C)C. The molecule has 1 unspecified atom stereocenters. The lowest BCUT2D eigenvalue weighted by atomic mass is 9.98. The van der Waals surface area contributed by atoms with Crippen LogP contribution in [-0.4, -0.2) is 17.0 Å². The number of carbonyl (C=O) groups is 1. The van der Waals surface area contributed by atoms with Crippen LogP contribution in [0.2, 0.25) is 0 Å². The summed E-state index contributed by atoms with van der Waals surface area (Å²) in [5.74, 6) is 1.09. The number of nitrogens with zero attached hydrogens (tertiary/aromatic N) is 1. The van der Waals surface area contributed by atoms with Gasteiger partial charge in [0.1, 0.15) is 5.69 Å². The molecule has 0 saturated carbocycles. The Hall–Kier alpha value is -0.770. The summed E-state index contributed by atoms with van der Waals surface area (Å²) in [6.07, 6.45) is 2.98. The summed E-state index contributed by atoms with van der Waals surface area (Å²) < 4.78 is 2.96. The molecule has 0 aliphatic rings. The van der Waals surface area contributed by atoms with E-state index in [0.717, 1.165) is 29.7 Å². The van der Waals surface area contributed by atoms with E-state index in [0.29, 0.717) is 11.8 Å². The van der Waals surface area contributed by atoms with Gasteiger partial charge in [-0.1, -0.05) is 27.7 Å². The molecule has 0 spiro atoms. The molecule has 102 valence electrons. The van der Waals surface area contributed by atoms with Gasteiger partial charge in [-0.15, -0.1) is 0 Å². The number of aromatic nitrogens is 1. The Morgan fingerprint density at radius 1 is 1.44 bits per heavy atom. The molecule has 1 rings (SSSR count). The monoisotopic (exact) mass is 314 g/mol. The minimum absolute atomic E-state index is 0.0154. The first kappa shape index (κ1) is 15.3. The number of nitrogens with one attached hydrogen (secondary N) is 1. The second-order valence-electron chi connectivity index (χ2n) is 5.17. The van der Waals surface area contributed by atoms with Crippen LogP contribution in [0.5, 0.6) is 0 Å². The van der Waals surface area contributed by atoms with Crippen LogP contribution in [0, 0.1) is 11.8 Å². The maximum atomic E-state index is 12.1. The zero-order chi connectivity index (χ0) is 13.7. The predicted molar refractivity (Wildman–Crippen MR) is 78.8 cm³/mol. The molecule has 4 heteroatoms. The first-order valence-corrected chi connectivity index (χ1v) is 7.38. The quantitative estimate of drug-likeness (QED) is 0.853. The van der Waals surface area contributed by atoms with Crippen molar-refractivity contribution in [2.45, 2.75) is 40.7 Å². The van der Waals surface area contributed by atoms with Crippen LogP contribution in [0.25, 0.3) is 0 Å². The summed E-state index contributed by atoms with van der Waals surface area (Å²) in [6, 6.07) is 1.88. The van der Waals surface area contributed by atoms with E-state index in [2.05, 4.69) is 48.9 Å². The van der Waals surface area contributed by atoms with Gasteiger partial charge >= 0.3 is 0 Å². The fraction of sp³-hybridized carbons (Fsp3) is 0.643. The second-order valence-corrected chi connectivity index (χ2v) is 6.08. The molecule has 18 heavy (non-hydrogen) atoms. The van der Waals surface area contributed by atoms with Crippen LogP contribution >= 0.6 is 15.9 Å². The van der Waals surface area contributed by atoms with Crippen molar-refractivity contribution in [1.82, 2.24) is 9.88 Å². The van der Waals surface area contributed by atoms with Gasteiger partial charge in [-0.25, -0.2) is 0 Å². The molecular weight excluding hydrogens is 292 g/mol. The number of aryl methyl sites for hydroxylation is 1. The van der Waals surface area contributed by atoms with Gasteiger partial charge in [-0.2, -0.15) is 0 Å². The van der Waals surface area contributed by atoms with Crippen molar-refractivity contribution in [3.05, 3.63) is 22.4 Å². The van der Waals surface area contributed by atoms with Crippen LogP contribution in [-0.2, 0) is 6.54 Å². The zero-order valence-electron chi connectivity index (χ0n) is 11.7. The third-order valence-electron chi connectivity index (χ3n) is 3.28. The topological polar surface area (TPSA) is 34.0 Å². The molecule has 3 nitrogen and oxygen atoms in total. The number of hydrogen-bond donors (Lipinski definition) is 1. The molecule has 0 aliphatic heterocycles. The van der Waals surface area contributed by atoms with E-state index in [1.165, 1.54) is 0 Å².